The highest BCUT2D eigenvalue weighted by Crippen LogP contribution is 2.59. The molecule has 3 rings (SSSR count). The number of carbonyl (C=O) groups is 1. The first-order valence-corrected chi connectivity index (χ1v) is 8.78. The van der Waals surface area contributed by atoms with Crippen molar-refractivity contribution >= 4 is 22.0 Å². The Morgan fingerprint density at radius 3 is 2.48 bits per heavy atom. The van der Waals surface area contributed by atoms with E-state index in [1.165, 1.54) is 14.2 Å². The van der Waals surface area contributed by atoms with Gasteiger partial charge in [0.05, 0.1) is 16.7 Å². The number of hydrogen-bond acceptors (Lipinski definition) is 6. The fourth-order valence-electron chi connectivity index (χ4n) is 2.84. The van der Waals surface area contributed by atoms with Gasteiger partial charge in [0.25, 0.3) is 5.79 Å². The number of carbonyl (C=O) groups excluding carboxylic acids is 1. The van der Waals surface area contributed by atoms with E-state index in [1.807, 2.05) is 0 Å². The first-order chi connectivity index (χ1) is 11.4. The van der Waals surface area contributed by atoms with Gasteiger partial charge in [-0.25, -0.2) is 13.4 Å². The highest BCUT2D eigenvalue weighted by molar-refractivity contribution is 7.90. The van der Waals surface area contributed by atoms with E-state index in [2.05, 4.69) is 5.10 Å². The smallest absolute Gasteiger partial charge is 0.343 e. The van der Waals surface area contributed by atoms with E-state index in [4.69, 9.17) is 9.47 Å². The number of fused-ring (bicyclic) bond motifs is 1. The summed E-state index contributed by atoms with van der Waals surface area (Å²) >= 11 is 0. The van der Waals surface area contributed by atoms with E-state index < -0.39 is 43.8 Å². The Bertz CT molecular complexity index is 898. The normalized spacial score (nSPS) is 28.9. The average Bonchev–Trinajstić information content (AvgIpc) is 3.21. The van der Waals surface area contributed by atoms with Crippen molar-refractivity contribution in [3.63, 3.8) is 0 Å². The average molecular weight is 378 g/mol. The summed E-state index contributed by atoms with van der Waals surface area (Å²) < 4.78 is 73.6. The Kier molecular flexibility index (Phi) is 3.58. The summed E-state index contributed by atoms with van der Waals surface area (Å²) in [5.41, 5.74) is -2.98. The Balaban J connectivity index is 2.26. The zero-order chi connectivity index (χ0) is 18.8. The highest BCUT2D eigenvalue weighted by atomic mass is 32.2. The van der Waals surface area contributed by atoms with Gasteiger partial charge in [-0.15, -0.1) is 0 Å². The van der Waals surface area contributed by atoms with Crippen molar-refractivity contribution in [2.45, 2.75) is 22.5 Å². The van der Waals surface area contributed by atoms with Gasteiger partial charge in [-0.1, -0.05) is 6.07 Å². The number of halogens is 3. The lowest BCUT2D eigenvalue weighted by atomic mass is 9.91. The lowest BCUT2D eigenvalue weighted by molar-refractivity contribution is -0.153. The number of likely N-dealkylation sites (N-methyl/N-ethyl adjacent to an activating group) is 1. The van der Waals surface area contributed by atoms with Crippen molar-refractivity contribution in [3.8, 4) is 0 Å². The summed E-state index contributed by atoms with van der Waals surface area (Å²) in [6.45, 7) is 0. The Hall–Kier alpha value is -1.98. The van der Waals surface area contributed by atoms with Crippen LogP contribution in [0.25, 0.3) is 0 Å². The number of hydrazone groups is 1. The summed E-state index contributed by atoms with van der Waals surface area (Å²) in [5, 5.41) is 4.75. The number of amides is 1. The molecule has 0 spiro atoms. The first-order valence-electron chi connectivity index (χ1n) is 6.89. The molecule has 2 heterocycles. The molecule has 7 nitrogen and oxygen atoms in total. The van der Waals surface area contributed by atoms with E-state index >= 15 is 0 Å². The van der Waals surface area contributed by atoms with Gasteiger partial charge in [0, 0.05) is 26.0 Å². The summed E-state index contributed by atoms with van der Waals surface area (Å²) in [6, 6.07) is 2.19. The number of nitrogens with zero attached hydrogens (tertiary/aromatic N) is 2. The monoisotopic (exact) mass is 378 g/mol. The standard InChI is InChI=1S/C14H13F3N2O5S/c1-19-11(20)13(23-2)12(24-13,7-18-19)9-5-4-8(14(15,16)17)6-10(9)25(3,21)22/h4-7H,1-3H3. The molecule has 0 aliphatic carbocycles. The van der Waals surface area contributed by atoms with Crippen LogP contribution < -0.4 is 0 Å². The molecular weight excluding hydrogens is 365 g/mol. The van der Waals surface area contributed by atoms with E-state index in [9.17, 15) is 26.4 Å². The molecule has 2 aliphatic rings. The highest BCUT2D eigenvalue weighted by Gasteiger charge is 2.80. The van der Waals surface area contributed by atoms with Gasteiger partial charge < -0.3 is 9.47 Å². The van der Waals surface area contributed by atoms with Gasteiger partial charge in [0.2, 0.25) is 0 Å². The van der Waals surface area contributed by atoms with Crippen LogP contribution in [0.4, 0.5) is 13.2 Å². The maximum atomic E-state index is 13.0. The maximum Gasteiger partial charge on any atom is 0.416 e. The van der Waals surface area contributed by atoms with E-state index in [1.54, 1.807) is 0 Å². The summed E-state index contributed by atoms with van der Waals surface area (Å²) in [6.07, 6.45) is -2.81. The van der Waals surface area contributed by atoms with Gasteiger partial charge in [0.1, 0.15) is 0 Å². The van der Waals surface area contributed by atoms with Crippen LogP contribution in [0.2, 0.25) is 0 Å². The minimum absolute atomic E-state index is 0.143. The molecule has 0 N–H and O–H groups in total. The third kappa shape index (κ3) is 2.37. The Labute approximate surface area is 140 Å². The Morgan fingerprint density at radius 1 is 1.32 bits per heavy atom. The number of hydrogen-bond donors (Lipinski definition) is 0. The number of epoxide rings is 1. The number of alkyl halides is 3. The van der Waals surface area contributed by atoms with Crippen molar-refractivity contribution in [2.24, 2.45) is 5.10 Å². The molecule has 1 amide bonds. The fourth-order valence-corrected chi connectivity index (χ4v) is 3.80. The molecule has 136 valence electrons. The molecule has 25 heavy (non-hydrogen) atoms. The zero-order valence-corrected chi connectivity index (χ0v) is 14.1. The second kappa shape index (κ2) is 5.02. The fraction of sp³-hybridized carbons (Fsp3) is 0.429. The van der Waals surface area contributed by atoms with Gasteiger partial charge in [0.15, 0.2) is 15.4 Å². The third-order valence-corrected chi connectivity index (χ3v) is 5.27. The quantitative estimate of drug-likeness (QED) is 0.736. The maximum absolute atomic E-state index is 13.0. The van der Waals surface area contributed by atoms with E-state index in [0.717, 1.165) is 29.6 Å². The van der Waals surface area contributed by atoms with Crippen LogP contribution in [0.5, 0.6) is 0 Å². The second-order valence-corrected chi connectivity index (χ2v) is 7.70. The molecule has 11 heteroatoms. The van der Waals surface area contributed by atoms with Crippen molar-refractivity contribution < 1.29 is 35.9 Å². The molecule has 1 aromatic rings. The van der Waals surface area contributed by atoms with Crippen LogP contribution >= 0.6 is 0 Å². The minimum atomic E-state index is -4.73. The third-order valence-electron chi connectivity index (χ3n) is 4.14. The van der Waals surface area contributed by atoms with Crippen LogP contribution in [0.1, 0.15) is 11.1 Å². The number of benzene rings is 1. The van der Waals surface area contributed by atoms with Crippen LogP contribution in [0.15, 0.2) is 28.2 Å². The molecule has 2 unspecified atom stereocenters. The van der Waals surface area contributed by atoms with Crippen LogP contribution in [0, 0.1) is 0 Å². The zero-order valence-electron chi connectivity index (χ0n) is 13.3. The lowest BCUT2D eigenvalue weighted by Crippen LogP contribution is -2.46. The van der Waals surface area contributed by atoms with Gasteiger partial charge >= 0.3 is 12.1 Å². The molecule has 0 saturated carbocycles. The van der Waals surface area contributed by atoms with Gasteiger partial charge in [-0.05, 0) is 12.1 Å². The molecular formula is C14H13F3N2O5S. The predicted molar refractivity (Wildman–Crippen MR) is 78.3 cm³/mol. The number of ether oxygens (including phenoxy) is 2. The topological polar surface area (TPSA) is 88.6 Å². The minimum Gasteiger partial charge on any atom is -0.343 e. The van der Waals surface area contributed by atoms with Crippen molar-refractivity contribution in [3.05, 3.63) is 29.3 Å². The number of rotatable bonds is 3. The molecule has 0 aromatic heterocycles. The van der Waals surface area contributed by atoms with Crippen molar-refractivity contribution in [1.29, 1.82) is 0 Å². The van der Waals surface area contributed by atoms with Crippen molar-refractivity contribution in [2.75, 3.05) is 20.4 Å². The van der Waals surface area contributed by atoms with Gasteiger partial charge in [-0.3, -0.25) is 4.79 Å². The summed E-state index contributed by atoms with van der Waals surface area (Å²) in [4.78, 5) is 11.7. The molecule has 2 aliphatic heterocycles. The summed E-state index contributed by atoms with van der Waals surface area (Å²) in [7, 11) is -1.55. The van der Waals surface area contributed by atoms with E-state index in [0.29, 0.717) is 6.07 Å². The molecule has 1 saturated heterocycles. The molecule has 0 bridgehead atoms. The molecule has 1 aromatic carbocycles. The van der Waals surface area contributed by atoms with Crippen LogP contribution in [0.3, 0.4) is 0 Å². The SMILES string of the molecule is COC12OC1(c1ccc(C(F)(F)F)cc1S(C)(=O)=O)C=NN(C)C2=O. The second-order valence-electron chi connectivity index (χ2n) is 5.71. The molecule has 2 atom stereocenters. The molecule has 1 fully saturated rings. The predicted octanol–water partition coefficient (Wildman–Crippen LogP) is 1.13. The number of sulfone groups is 1. The van der Waals surface area contributed by atoms with E-state index in [-0.39, 0.29) is 5.56 Å². The number of methoxy groups -OCH3 is 1. The largest absolute Gasteiger partial charge is 0.416 e. The van der Waals surface area contributed by atoms with Crippen molar-refractivity contribution in [1.82, 2.24) is 5.01 Å². The lowest BCUT2D eigenvalue weighted by Gasteiger charge is -2.24. The first kappa shape index (κ1) is 17.8. The summed E-state index contributed by atoms with van der Waals surface area (Å²) in [5.74, 6) is -2.56. The van der Waals surface area contributed by atoms with Crippen LogP contribution in [-0.2, 0) is 35.9 Å². The van der Waals surface area contributed by atoms with Gasteiger partial charge in [-0.2, -0.15) is 18.3 Å². The Morgan fingerprint density at radius 2 is 1.96 bits per heavy atom. The molecule has 0 radical (unpaired) electrons. The van der Waals surface area contributed by atoms with Crippen LogP contribution in [-0.4, -0.2) is 51.7 Å².